The Balaban J connectivity index is 1.24. The van der Waals surface area contributed by atoms with Gasteiger partial charge in [0.15, 0.2) is 0 Å². The van der Waals surface area contributed by atoms with E-state index in [2.05, 4.69) is 27.3 Å². The van der Waals surface area contributed by atoms with Crippen LogP contribution in [0.5, 0.6) is 0 Å². The molecule has 176 valence electrons. The molecule has 2 aromatic carbocycles. The van der Waals surface area contributed by atoms with E-state index in [0.29, 0.717) is 16.8 Å². The van der Waals surface area contributed by atoms with E-state index in [1.807, 2.05) is 36.4 Å². The van der Waals surface area contributed by atoms with Crippen LogP contribution in [-0.4, -0.2) is 53.5 Å². The number of urea groups is 1. The number of aromatic nitrogens is 1. The first-order valence-electron chi connectivity index (χ1n) is 11.6. The van der Waals surface area contributed by atoms with Gasteiger partial charge in [0.2, 0.25) is 0 Å². The highest BCUT2D eigenvalue weighted by atomic mass is 35.5. The number of anilines is 2. The molecule has 35 heavy (non-hydrogen) atoms. The molecular formula is C26H21ClN4O3S. The van der Waals surface area contributed by atoms with Crippen molar-refractivity contribution in [3.05, 3.63) is 71.5 Å². The lowest BCUT2D eigenvalue weighted by Gasteiger charge is -2.34. The standard InChI is InChI=1S/C26H21ClN4O3S/c27-20-4-2-1-3-18(20)23-9-21-24(35-23)25(32)31(26(33)29-21)22-11-28-10-14-5-6-15(8-19(14)22)30-12-17-7-16(30)13-34-17/h1-6,8-11,16-17,21,24H,7,12-13H2,(H,29,33)/t16-,17-,21?,24?/m0/s1. The zero-order valence-electron chi connectivity index (χ0n) is 18.6. The Hall–Kier alpha value is -3.07. The number of pyridine rings is 1. The highest BCUT2D eigenvalue weighted by Crippen LogP contribution is 2.45. The summed E-state index contributed by atoms with van der Waals surface area (Å²) in [4.78, 5) is 35.8. The van der Waals surface area contributed by atoms with Gasteiger partial charge < -0.3 is 15.0 Å². The van der Waals surface area contributed by atoms with Crippen molar-refractivity contribution < 1.29 is 14.3 Å². The van der Waals surface area contributed by atoms with Crippen molar-refractivity contribution in [2.45, 2.75) is 29.9 Å². The molecule has 3 aromatic rings. The number of nitrogens with zero attached hydrogens (tertiary/aromatic N) is 3. The molecule has 4 aliphatic rings. The second-order valence-corrected chi connectivity index (χ2v) is 10.9. The van der Waals surface area contributed by atoms with E-state index >= 15 is 0 Å². The smallest absolute Gasteiger partial charge is 0.329 e. The van der Waals surface area contributed by atoms with Gasteiger partial charge >= 0.3 is 6.03 Å². The molecule has 0 aliphatic carbocycles. The molecule has 7 rings (SSSR count). The summed E-state index contributed by atoms with van der Waals surface area (Å²) in [6, 6.07) is 13.2. The Bertz CT molecular complexity index is 1430. The minimum Gasteiger partial charge on any atom is -0.374 e. The van der Waals surface area contributed by atoms with Crippen LogP contribution in [0.4, 0.5) is 16.2 Å². The van der Waals surface area contributed by atoms with Crippen molar-refractivity contribution in [2.75, 3.05) is 23.0 Å². The Morgan fingerprint density at radius 2 is 2.03 bits per heavy atom. The molecule has 7 nitrogen and oxygen atoms in total. The van der Waals surface area contributed by atoms with E-state index in [0.717, 1.165) is 46.5 Å². The van der Waals surface area contributed by atoms with Crippen molar-refractivity contribution in [3.63, 3.8) is 0 Å². The van der Waals surface area contributed by atoms with Crippen LogP contribution in [-0.2, 0) is 9.53 Å². The number of rotatable bonds is 3. The second kappa shape index (κ2) is 7.98. The van der Waals surface area contributed by atoms with Crippen LogP contribution in [0.3, 0.4) is 0 Å². The van der Waals surface area contributed by atoms with Crippen LogP contribution in [0.1, 0.15) is 12.0 Å². The molecule has 0 radical (unpaired) electrons. The predicted octanol–water partition coefficient (Wildman–Crippen LogP) is 4.45. The third-order valence-electron chi connectivity index (χ3n) is 7.20. The lowest BCUT2D eigenvalue weighted by molar-refractivity contribution is -0.118. The van der Waals surface area contributed by atoms with E-state index in [9.17, 15) is 9.59 Å². The predicted molar refractivity (Wildman–Crippen MR) is 138 cm³/mol. The summed E-state index contributed by atoms with van der Waals surface area (Å²) in [5.74, 6) is -0.254. The van der Waals surface area contributed by atoms with Crippen LogP contribution in [0, 0.1) is 0 Å². The molecule has 1 aromatic heterocycles. The monoisotopic (exact) mass is 504 g/mol. The number of hydrogen-bond acceptors (Lipinski definition) is 6. The quantitative estimate of drug-likeness (QED) is 0.568. The van der Waals surface area contributed by atoms with E-state index in [4.69, 9.17) is 16.3 Å². The molecule has 1 N–H and O–H groups in total. The minimum absolute atomic E-state index is 0.254. The van der Waals surface area contributed by atoms with Gasteiger partial charge in [0.25, 0.3) is 5.91 Å². The summed E-state index contributed by atoms with van der Waals surface area (Å²) in [7, 11) is 0. The number of ether oxygens (including phenoxy) is 1. The summed E-state index contributed by atoms with van der Waals surface area (Å²) in [5.41, 5.74) is 2.43. The molecule has 3 saturated heterocycles. The number of thioether (sulfide) groups is 1. The van der Waals surface area contributed by atoms with Gasteiger partial charge in [-0.15, -0.1) is 11.8 Å². The molecule has 0 saturated carbocycles. The number of morpholine rings is 1. The molecule has 4 aliphatic heterocycles. The Morgan fingerprint density at radius 3 is 2.83 bits per heavy atom. The Morgan fingerprint density at radius 1 is 1.14 bits per heavy atom. The van der Waals surface area contributed by atoms with E-state index in [1.165, 1.54) is 16.7 Å². The van der Waals surface area contributed by atoms with Crippen LogP contribution in [0.25, 0.3) is 15.7 Å². The zero-order valence-corrected chi connectivity index (χ0v) is 20.1. The first-order valence-corrected chi connectivity index (χ1v) is 12.9. The highest BCUT2D eigenvalue weighted by molar-refractivity contribution is 8.09. The largest absolute Gasteiger partial charge is 0.374 e. The Kier molecular flexibility index (Phi) is 4.84. The average Bonchev–Trinajstić information content (AvgIpc) is 3.60. The van der Waals surface area contributed by atoms with Crippen molar-refractivity contribution in [1.29, 1.82) is 0 Å². The average molecular weight is 505 g/mol. The van der Waals surface area contributed by atoms with Gasteiger partial charge in [0.1, 0.15) is 5.25 Å². The highest BCUT2D eigenvalue weighted by Gasteiger charge is 2.46. The number of amides is 3. The van der Waals surface area contributed by atoms with Crippen molar-refractivity contribution >= 4 is 62.4 Å². The van der Waals surface area contributed by atoms with Crippen LogP contribution in [0.15, 0.2) is 60.9 Å². The summed E-state index contributed by atoms with van der Waals surface area (Å²) in [6.45, 7) is 1.59. The molecule has 4 atom stereocenters. The van der Waals surface area contributed by atoms with Gasteiger partial charge in [-0.3, -0.25) is 9.78 Å². The number of imide groups is 1. The Labute approximate surface area is 211 Å². The summed E-state index contributed by atoms with van der Waals surface area (Å²) in [6.07, 6.45) is 6.60. The molecule has 0 spiro atoms. The van der Waals surface area contributed by atoms with Crippen LogP contribution >= 0.6 is 23.4 Å². The summed E-state index contributed by atoms with van der Waals surface area (Å²) in [5, 5.41) is 4.86. The third kappa shape index (κ3) is 3.35. The molecule has 3 amide bonds. The summed E-state index contributed by atoms with van der Waals surface area (Å²) < 4.78 is 5.75. The number of nitrogens with one attached hydrogen (secondary N) is 1. The number of carbonyl (C=O) groups excluding carboxylic acids is 2. The molecule has 5 heterocycles. The van der Waals surface area contributed by atoms with Crippen molar-refractivity contribution in [1.82, 2.24) is 10.3 Å². The lowest BCUT2D eigenvalue weighted by atomic mass is 10.1. The van der Waals surface area contributed by atoms with Crippen molar-refractivity contribution in [2.24, 2.45) is 0 Å². The van der Waals surface area contributed by atoms with Gasteiger partial charge in [0.05, 0.1) is 36.7 Å². The molecule has 9 heteroatoms. The molecule has 2 unspecified atom stereocenters. The molecule has 3 fully saturated rings. The zero-order chi connectivity index (χ0) is 23.7. The number of hydrogen-bond donors (Lipinski definition) is 1. The number of halogens is 1. The maximum atomic E-state index is 13.7. The fourth-order valence-corrected chi connectivity index (χ4v) is 7.10. The van der Waals surface area contributed by atoms with Crippen LogP contribution < -0.4 is 15.1 Å². The van der Waals surface area contributed by atoms with Gasteiger partial charge in [0, 0.05) is 44.7 Å². The van der Waals surface area contributed by atoms with Gasteiger partial charge in [-0.2, -0.15) is 0 Å². The maximum Gasteiger partial charge on any atom is 0.329 e. The van der Waals surface area contributed by atoms with E-state index < -0.39 is 11.3 Å². The summed E-state index contributed by atoms with van der Waals surface area (Å²) >= 11 is 7.83. The van der Waals surface area contributed by atoms with Crippen LogP contribution in [0.2, 0.25) is 5.02 Å². The van der Waals surface area contributed by atoms with Gasteiger partial charge in [-0.05, 0) is 30.7 Å². The second-order valence-electron chi connectivity index (χ2n) is 9.26. The molecular weight excluding hydrogens is 484 g/mol. The van der Waals surface area contributed by atoms with Crippen molar-refractivity contribution in [3.8, 4) is 0 Å². The third-order valence-corrected chi connectivity index (χ3v) is 8.89. The maximum absolute atomic E-state index is 13.7. The fourth-order valence-electron chi connectivity index (χ4n) is 5.51. The minimum atomic E-state index is -0.469. The SMILES string of the molecule is O=C1NC2C=C(c3ccccc3Cl)SC2C(=O)N1c1cncc2ccc(N3C[C@@H]4C[C@H]3CO4)cc12. The number of benzene rings is 2. The van der Waals surface area contributed by atoms with E-state index in [1.54, 1.807) is 12.4 Å². The van der Waals surface area contributed by atoms with E-state index in [-0.39, 0.29) is 18.1 Å². The van der Waals surface area contributed by atoms with Gasteiger partial charge in [-0.25, -0.2) is 9.69 Å². The molecule has 2 bridgehead atoms. The first kappa shape index (κ1) is 21.2. The topological polar surface area (TPSA) is 74.8 Å². The lowest BCUT2D eigenvalue weighted by Crippen LogP contribution is -2.60. The first-order chi connectivity index (χ1) is 17.1. The fraction of sp³-hybridized carbons (Fsp3) is 0.269. The normalized spacial score (nSPS) is 27.4. The number of carbonyl (C=O) groups is 2. The van der Waals surface area contributed by atoms with Gasteiger partial charge in [-0.1, -0.05) is 35.9 Å². The number of fused-ring (bicyclic) bond motifs is 4.